The third kappa shape index (κ3) is 3.21. The van der Waals surface area contributed by atoms with Gasteiger partial charge in [0.1, 0.15) is 5.54 Å². The van der Waals surface area contributed by atoms with Crippen LogP contribution in [0.3, 0.4) is 0 Å². The number of hydrogen-bond donors (Lipinski definition) is 2. The molecule has 0 saturated carbocycles. The molecular formula is C13H19N3O3. The quantitative estimate of drug-likeness (QED) is 0.804. The molecule has 104 valence electrons. The van der Waals surface area contributed by atoms with E-state index >= 15 is 0 Å². The average molecular weight is 265 g/mol. The number of rotatable bonds is 5. The van der Waals surface area contributed by atoms with Crippen LogP contribution in [0, 0.1) is 0 Å². The monoisotopic (exact) mass is 265 g/mol. The number of pyridine rings is 1. The Kier molecular flexibility index (Phi) is 4.01. The molecule has 0 aliphatic carbocycles. The zero-order valence-electron chi connectivity index (χ0n) is 11.0. The van der Waals surface area contributed by atoms with Crippen LogP contribution < -0.4 is 10.5 Å². The molecule has 0 spiro atoms. The predicted octanol–water partition coefficient (Wildman–Crippen LogP) is 0.468. The van der Waals surface area contributed by atoms with Crippen LogP contribution in [0.2, 0.25) is 0 Å². The first-order valence-electron chi connectivity index (χ1n) is 6.36. The van der Waals surface area contributed by atoms with E-state index < -0.39 is 11.5 Å². The summed E-state index contributed by atoms with van der Waals surface area (Å²) < 4.78 is 5.27. The molecule has 1 aromatic heterocycles. The van der Waals surface area contributed by atoms with Crippen molar-refractivity contribution in [1.82, 2.24) is 9.88 Å². The first-order valence-corrected chi connectivity index (χ1v) is 6.36. The van der Waals surface area contributed by atoms with Crippen molar-refractivity contribution in [2.24, 2.45) is 5.73 Å². The fourth-order valence-corrected chi connectivity index (χ4v) is 2.22. The Balaban J connectivity index is 1.94. The molecule has 2 rings (SSSR count). The van der Waals surface area contributed by atoms with Crippen LogP contribution in [0.1, 0.15) is 18.9 Å². The van der Waals surface area contributed by atoms with E-state index in [-0.39, 0.29) is 0 Å². The summed E-state index contributed by atoms with van der Waals surface area (Å²) >= 11 is 0. The van der Waals surface area contributed by atoms with Crippen LogP contribution in [0.15, 0.2) is 18.3 Å². The minimum Gasteiger partial charge on any atom is -0.480 e. The van der Waals surface area contributed by atoms with Gasteiger partial charge < -0.3 is 15.6 Å². The number of hydrogen-bond acceptors (Lipinski definition) is 5. The normalized spacial score (nSPS) is 23.5. The van der Waals surface area contributed by atoms with Crippen molar-refractivity contribution < 1.29 is 14.6 Å². The van der Waals surface area contributed by atoms with Crippen LogP contribution in [0.25, 0.3) is 0 Å². The third-order valence-electron chi connectivity index (χ3n) is 3.30. The van der Waals surface area contributed by atoms with E-state index in [1.807, 2.05) is 24.0 Å². The standard InChI is InChI=1S/C13H19N3O3/c1-2-19-11-4-3-10(7-15-11)8-16-6-5-13(14,9-16)12(17)18/h3-4,7H,2,5-6,8-9,14H2,1H3,(H,17,18)/t13-/m1/s1. The van der Waals surface area contributed by atoms with Crippen molar-refractivity contribution in [3.63, 3.8) is 0 Å². The smallest absolute Gasteiger partial charge is 0.325 e. The molecule has 1 aliphatic rings. The number of carboxylic acid groups (broad SMARTS) is 1. The molecule has 6 heteroatoms. The number of nitrogens with two attached hydrogens (primary N) is 1. The van der Waals surface area contributed by atoms with Gasteiger partial charge in [0.15, 0.2) is 0 Å². The summed E-state index contributed by atoms with van der Waals surface area (Å²) in [6.07, 6.45) is 2.23. The van der Waals surface area contributed by atoms with E-state index in [2.05, 4.69) is 4.98 Å². The SMILES string of the molecule is CCOc1ccc(CN2CC[C@](N)(C(=O)O)C2)cn1. The minimum atomic E-state index is -1.11. The van der Waals surface area contributed by atoms with Gasteiger partial charge in [0.25, 0.3) is 0 Å². The number of carboxylic acids is 1. The maximum atomic E-state index is 11.1. The summed E-state index contributed by atoms with van der Waals surface area (Å²) in [5.41, 5.74) is 5.75. The molecule has 0 aromatic carbocycles. The van der Waals surface area contributed by atoms with Crippen molar-refractivity contribution in [3.05, 3.63) is 23.9 Å². The Morgan fingerprint density at radius 3 is 2.95 bits per heavy atom. The number of aromatic nitrogens is 1. The Morgan fingerprint density at radius 2 is 2.42 bits per heavy atom. The Morgan fingerprint density at radius 1 is 1.63 bits per heavy atom. The van der Waals surface area contributed by atoms with Gasteiger partial charge >= 0.3 is 5.97 Å². The van der Waals surface area contributed by atoms with E-state index in [4.69, 9.17) is 15.6 Å². The average Bonchev–Trinajstić information content (AvgIpc) is 2.75. The van der Waals surface area contributed by atoms with Gasteiger partial charge in [-0.15, -0.1) is 0 Å². The van der Waals surface area contributed by atoms with Crippen LogP contribution >= 0.6 is 0 Å². The van der Waals surface area contributed by atoms with Crippen molar-refractivity contribution in [3.8, 4) is 5.88 Å². The summed E-state index contributed by atoms with van der Waals surface area (Å²) in [5.74, 6) is -0.328. The second kappa shape index (κ2) is 5.54. The van der Waals surface area contributed by atoms with Gasteiger partial charge in [0.05, 0.1) is 6.61 Å². The largest absolute Gasteiger partial charge is 0.480 e. The Hall–Kier alpha value is -1.66. The number of likely N-dealkylation sites (tertiary alicyclic amines) is 1. The number of nitrogens with zero attached hydrogens (tertiary/aromatic N) is 2. The number of carbonyl (C=O) groups is 1. The molecule has 19 heavy (non-hydrogen) atoms. The van der Waals surface area contributed by atoms with Crippen LogP contribution in [-0.2, 0) is 11.3 Å². The van der Waals surface area contributed by atoms with Gasteiger partial charge in [-0.2, -0.15) is 0 Å². The molecule has 1 fully saturated rings. The molecule has 0 bridgehead atoms. The zero-order valence-corrected chi connectivity index (χ0v) is 11.0. The maximum absolute atomic E-state index is 11.1. The van der Waals surface area contributed by atoms with Crippen molar-refractivity contribution in [2.75, 3.05) is 19.7 Å². The lowest BCUT2D eigenvalue weighted by Gasteiger charge is -2.19. The fraction of sp³-hybridized carbons (Fsp3) is 0.538. The molecule has 1 saturated heterocycles. The molecule has 1 aromatic rings. The molecule has 0 unspecified atom stereocenters. The predicted molar refractivity (Wildman–Crippen MR) is 69.9 cm³/mol. The summed E-state index contributed by atoms with van der Waals surface area (Å²) in [6, 6.07) is 3.76. The highest BCUT2D eigenvalue weighted by Crippen LogP contribution is 2.21. The van der Waals surface area contributed by atoms with Crippen molar-refractivity contribution >= 4 is 5.97 Å². The minimum absolute atomic E-state index is 0.371. The van der Waals surface area contributed by atoms with Gasteiger partial charge in [-0.3, -0.25) is 9.69 Å². The molecule has 6 nitrogen and oxygen atoms in total. The molecule has 3 N–H and O–H groups in total. The summed E-state index contributed by atoms with van der Waals surface area (Å²) in [6.45, 7) is 4.22. The molecule has 0 radical (unpaired) electrons. The van der Waals surface area contributed by atoms with E-state index in [9.17, 15) is 4.79 Å². The van der Waals surface area contributed by atoms with E-state index in [0.717, 1.165) is 5.56 Å². The van der Waals surface area contributed by atoms with E-state index in [1.165, 1.54) is 0 Å². The summed E-state index contributed by atoms with van der Waals surface area (Å²) in [5, 5.41) is 9.07. The lowest BCUT2D eigenvalue weighted by atomic mass is 10.0. The van der Waals surface area contributed by atoms with Crippen LogP contribution in [0.4, 0.5) is 0 Å². The highest BCUT2D eigenvalue weighted by Gasteiger charge is 2.40. The van der Waals surface area contributed by atoms with E-state index in [0.29, 0.717) is 38.5 Å². The zero-order chi connectivity index (χ0) is 13.9. The first kappa shape index (κ1) is 13.8. The number of ether oxygens (including phenoxy) is 1. The molecule has 1 aliphatic heterocycles. The van der Waals surface area contributed by atoms with Gasteiger partial charge in [-0.25, -0.2) is 4.98 Å². The van der Waals surface area contributed by atoms with Crippen molar-refractivity contribution in [1.29, 1.82) is 0 Å². The molecule has 2 heterocycles. The highest BCUT2D eigenvalue weighted by molar-refractivity contribution is 5.79. The Labute approximate surface area is 112 Å². The van der Waals surface area contributed by atoms with Crippen molar-refractivity contribution in [2.45, 2.75) is 25.4 Å². The second-order valence-corrected chi connectivity index (χ2v) is 4.86. The van der Waals surface area contributed by atoms with Crippen LogP contribution in [-0.4, -0.2) is 46.2 Å². The van der Waals surface area contributed by atoms with Crippen LogP contribution in [0.5, 0.6) is 5.88 Å². The second-order valence-electron chi connectivity index (χ2n) is 4.86. The van der Waals surface area contributed by atoms with E-state index in [1.54, 1.807) is 6.20 Å². The summed E-state index contributed by atoms with van der Waals surface area (Å²) in [7, 11) is 0. The van der Waals surface area contributed by atoms with Gasteiger partial charge in [-0.1, -0.05) is 6.07 Å². The molecular weight excluding hydrogens is 246 g/mol. The lowest BCUT2D eigenvalue weighted by molar-refractivity contribution is -0.142. The van der Waals surface area contributed by atoms with Gasteiger partial charge in [-0.05, 0) is 18.9 Å². The molecule has 1 atom stereocenters. The van der Waals surface area contributed by atoms with Gasteiger partial charge in [0, 0.05) is 31.9 Å². The molecule has 0 amide bonds. The van der Waals surface area contributed by atoms with Gasteiger partial charge in [0.2, 0.25) is 5.88 Å². The highest BCUT2D eigenvalue weighted by atomic mass is 16.5. The lowest BCUT2D eigenvalue weighted by Crippen LogP contribution is -2.50. The number of aliphatic carboxylic acids is 1. The summed E-state index contributed by atoms with van der Waals surface area (Å²) in [4.78, 5) is 17.3. The Bertz CT molecular complexity index is 449. The first-order chi connectivity index (χ1) is 9.03. The topological polar surface area (TPSA) is 88.7 Å². The maximum Gasteiger partial charge on any atom is 0.325 e. The third-order valence-corrected chi connectivity index (χ3v) is 3.30. The fourth-order valence-electron chi connectivity index (χ4n) is 2.22.